The molecule has 1 saturated carbocycles. The van der Waals surface area contributed by atoms with E-state index in [2.05, 4.69) is 0 Å². The van der Waals surface area contributed by atoms with Crippen LogP contribution in [-0.2, 0) is 32.0 Å². The first kappa shape index (κ1) is 36.1. The molecule has 1 fully saturated rings. The third-order valence-electron chi connectivity index (χ3n) is 6.99. The number of carbonyl (C=O) groups is 2. The summed E-state index contributed by atoms with van der Waals surface area (Å²) in [6, 6.07) is 9.18. The highest BCUT2D eigenvalue weighted by Gasteiger charge is 2.29. The van der Waals surface area contributed by atoms with E-state index in [0.29, 0.717) is 39.9 Å². The predicted octanol–water partition coefficient (Wildman–Crippen LogP) is 5.86. The van der Waals surface area contributed by atoms with Gasteiger partial charge in [-0.1, -0.05) is 29.3 Å². The quantitative estimate of drug-likeness (QED) is 0.0934. The zero-order valence-electron chi connectivity index (χ0n) is 26.5. The van der Waals surface area contributed by atoms with Crippen LogP contribution in [0, 0.1) is 11.1 Å². The zero-order valence-corrected chi connectivity index (χ0v) is 28.8. The predicted molar refractivity (Wildman–Crippen MR) is 175 cm³/mol. The largest absolute Gasteiger partial charge is 0.619 e. The Morgan fingerprint density at radius 2 is 1.70 bits per heavy atom. The number of aromatic nitrogens is 1. The molecule has 2 aromatic carbocycles. The van der Waals surface area contributed by atoms with Gasteiger partial charge in [0.05, 0.1) is 32.1 Å². The third-order valence-corrected chi connectivity index (χ3v) is 8.35. The molecule has 15 heteroatoms. The van der Waals surface area contributed by atoms with Gasteiger partial charge < -0.3 is 28.9 Å². The number of hydrogen-bond acceptors (Lipinski definition) is 9. The number of rotatable bonds is 14. The lowest BCUT2D eigenvalue weighted by Crippen LogP contribution is -2.36. The lowest BCUT2D eigenvalue weighted by atomic mass is 10.0. The number of halogens is 2. The average Bonchev–Trinajstić information content (AvgIpc) is 3.83. The maximum atomic E-state index is 13.7. The normalized spacial score (nSPS) is 14.1. The van der Waals surface area contributed by atoms with Crippen LogP contribution >= 0.6 is 23.2 Å². The maximum Gasteiger partial charge on any atom is 0.338 e. The molecule has 3 aromatic rings. The SMILES string of the molecule is COc1ccc(C(Cc2c(Cl)c[n+]([O-])cc2Cl)OC(=O)c2ccc(N(CC(=O)OC(C)(C)C)S(=O)O)c(OCC3CC3)c2)cc1OC. The number of ether oxygens (including phenoxy) is 5. The van der Waals surface area contributed by atoms with Crippen molar-refractivity contribution in [1.29, 1.82) is 0 Å². The van der Waals surface area contributed by atoms with Crippen LogP contribution in [0.15, 0.2) is 48.8 Å². The van der Waals surface area contributed by atoms with Crippen molar-refractivity contribution in [3.05, 3.63) is 80.7 Å². The topological polar surface area (TPSA) is 148 Å². The van der Waals surface area contributed by atoms with Gasteiger partial charge in [0, 0.05) is 12.0 Å². The first-order chi connectivity index (χ1) is 22.2. The van der Waals surface area contributed by atoms with E-state index in [1.807, 2.05) is 0 Å². The molecule has 254 valence electrons. The summed E-state index contributed by atoms with van der Waals surface area (Å²) in [5, 5.41) is 12.0. The van der Waals surface area contributed by atoms with E-state index in [1.165, 1.54) is 32.4 Å². The number of nitrogens with zero attached hydrogens (tertiary/aromatic N) is 2. The van der Waals surface area contributed by atoms with Gasteiger partial charge in [0.2, 0.25) is 0 Å². The molecule has 47 heavy (non-hydrogen) atoms. The van der Waals surface area contributed by atoms with Gasteiger partial charge in [0.1, 0.15) is 34.0 Å². The standard InChI is InChI=1S/C32H36Cl2N2O10S/c1-32(2,3)46-30(37)17-36(47(40)41)25-10-8-21(13-28(25)44-18-19-6-7-19)31(38)45-27(14-22-23(33)15-35(39)16-24(22)34)20-9-11-26(42-4)29(12-20)43-5/h8-13,15-16,19,27H,6-7,14,17-18H2,1-5H3,(H,40,41). The van der Waals surface area contributed by atoms with Crippen molar-refractivity contribution < 1.29 is 46.8 Å². The van der Waals surface area contributed by atoms with Gasteiger partial charge in [-0.05, 0) is 75.4 Å². The first-order valence-electron chi connectivity index (χ1n) is 14.6. The molecule has 0 aliphatic heterocycles. The van der Waals surface area contributed by atoms with E-state index in [4.69, 9.17) is 46.9 Å². The summed E-state index contributed by atoms with van der Waals surface area (Å²) in [5.41, 5.74) is 0.253. The summed E-state index contributed by atoms with van der Waals surface area (Å²) in [5.74, 6) is -0.242. The van der Waals surface area contributed by atoms with Gasteiger partial charge in [0.15, 0.2) is 23.9 Å². The van der Waals surface area contributed by atoms with E-state index < -0.39 is 41.5 Å². The number of hydrogen-bond donors (Lipinski definition) is 1. The van der Waals surface area contributed by atoms with Gasteiger partial charge in [-0.3, -0.25) is 13.7 Å². The molecule has 0 saturated heterocycles. The number of anilines is 1. The molecule has 0 bridgehead atoms. The number of benzene rings is 2. The molecular weight excluding hydrogens is 675 g/mol. The van der Waals surface area contributed by atoms with Crippen molar-refractivity contribution in [2.45, 2.75) is 51.7 Å². The number of carbonyl (C=O) groups excluding carboxylic acids is 2. The summed E-state index contributed by atoms with van der Waals surface area (Å²) in [6.07, 6.45) is 3.25. The van der Waals surface area contributed by atoms with Crippen molar-refractivity contribution in [2.75, 3.05) is 31.7 Å². The number of pyridine rings is 1. The van der Waals surface area contributed by atoms with Crippen LogP contribution < -0.4 is 23.2 Å². The van der Waals surface area contributed by atoms with Crippen LogP contribution in [0.3, 0.4) is 0 Å². The van der Waals surface area contributed by atoms with Crippen LogP contribution in [0.5, 0.6) is 17.2 Å². The van der Waals surface area contributed by atoms with E-state index in [1.54, 1.807) is 39.0 Å². The lowest BCUT2D eigenvalue weighted by molar-refractivity contribution is -0.605. The van der Waals surface area contributed by atoms with Gasteiger partial charge in [-0.25, -0.2) is 9.00 Å². The van der Waals surface area contributed by atoms with Gasteiger partial charge in [0.25, 0.3) is 11.3 Å². The van der Waals surface area contributed by atoms with Crippen molar-refractivity contribution >= 4 is 52.1 Å². The molecule has 1 N–H and O–H groups in total. The van der Waals surface area contributed by atoms with Crippen molar-refractivity contribution in [3.63, 3.8) is 0 Å². The summed E-state index contributed by atoms with van der Waals surface area (Å²) in [7, 11) is 2.96. The maximum absolute atomic E-state index is 13.7. The second-order valence-electron chi connectivity index (χ2n) is 11.8. The molecular formula is C32H36Cl2N2O10S. The molecule has 1 heterocycles. The van der Waals surface area contributed by atoms with Crippen molar-refractivity contribution in [1.82, 2.24) is 0 Å². The second kappa shape index (κ2) is 15.4. The molecule has 1 aliphatic carbocycles. The van der Waals surface area contributed by atoms with E-state index in [0.717, 1.165) is 29.5 Å². The first-order valence-corrected chi connectivity index (χ1v) is 16.4. The fourth-order valence-electron chi connectivity index (χ4n) is 4.56. The second-order valence-corrected chi connectivity index (χ2v) is 13.5. The fourth-order valence-corrected chi connectivity index (χ4v) is 5.69. The Kier molecular flexibility index (Phi) is 11.8. The average molecular weight is 712 g/mol. The van der Waals surface area contributed by atoms with E-state index in [-0.39, 0.29) is 33.5 Å². The summed E-state index contributed by atoms with van der Waals surface area (Å²) in [4.78, 5) is 26.3. The molecule has 0 radical (unpaired) electrons. The van der Waals surface area contributed by atoms with Crippen LogP contribution in [0.25, 0.3) is 0 Å². The summed E-state index contributed by atoms with van der Waals surface area (Å²) < 4.78 is 52.0. The van der Waals surface area contributed by atoms with Crippen LogP contribution in [-0.4, -0.2) is 53.7 Å². The highest BCUT2D eigenvalue weighted by atomic mass is 35.5. The lowest BCUT2D eigenvalue weighted by Gasteiger charge is -2.25. The minimum absolute atomic E-state index is 0.00396. The van der Waals surface area contributed by atoms with Gasteiger partial charge in [-0.15, -0.1) is 0 Å². The molecule has 4 rings (SSSR count). The van der Waals surface area contributed by atoms with Gasteiger partial charge >= 0.3 is 11.9 Å². The highest BCUT2D eigenvalue weighted by Crippen LogP contribution is 2.38. The Morgan fingerprint density at radius 1 is 1.04 bits per heavy atom. The van der Waals surface area contributed by atoms with Crippen LogP contribution in [0.1, 0.15) is 61.2 Å². The number of esters is 2. The highest BCUT2D eigenvalue weighted by molar-refractivity contribution is 7.80. The monoisotopic (exact) mass is 710 g/mol. The molecule has 1 aromatic heterocycles. The summed E-state index contributed by atoms with van der Waals surface area (Å²) in [6.45, 7) is 4.82. The number of methoxy groups -OCH3 is 2. The Balaban J connectivity index is 1.69. The minimum Gasteiger partial charge on any atom is -0.619 e. The van der Waals surface area contributed by atoms with Crippen molar-refractivity contribution in [3.8, 4) is 17.2 Å². The molecule has 2 unspecified atom stereocenters. The molecule has 0 spiro atoms. The van der Waals surface area contributed by atoms with Gasteiger partial charge in [-0.2, -0.15) is 4.73 Å². The van der Waals surface area contributed by atoms with Crippen LogP contribution in [0.2, 0.25) is 10.0 Å². The Hall–Kier alpha value is -3.78. The third kappa shape index (κ3) is 9.86. The minimum atomic E-state index is -2.63. The smallest absolute Gasteiger partial charge is 0.338 e. The van der Waals surface area contributed by atoms with E-state index >= 15 is 0 Å². The molecule has 12 nitrogen and oxygen atoms in total. The van der Waals surface area contributed by atoms with Crippen LogP contribution in [0.4, 0.5) is 5.69 Å². The zero-order chi connectivity index (χ0) is 34.5. The molecule has 1 aliphatic rings. The Morgan fingerprint density at radius 3 is 2.28 bits per heavy atom. The Labute approximate surface area is 285 Å². The molecule has 0 amide bonds. The molecule has 2 atom stereocenters. The van der Waals surface area contributed by atoms with Crippen molar-refractivity contribution in [2.24, 2.45) is 5.92 Å². The fraction of sp³-hybridized carbons (Fsp3) is 0.406. The van der Waals surface area contributed by atoms with E-state index in [9.17, 15) is 23.6 Å². The summed E-state index contributed by atoms with van der Waals surface area (Å²) >= 11 is 10.1. The Bertz CT molecular complexity index is 1620.